The van der Waals surface area contributed by atoms with Crippen LogP contribution in [0.2, 0.25) is 15.2 Å². The topological polar surface area (TPSA) is 64.0 Å². The summed E-state index contributed by atoms with van der Waals surface area (Å²) in [5, 5.41) is 4.38. The van der Waals surface area contributed by atoms with E-state index in [4.69, 9.17) is 34.8 Å². The Kier molecular flexibility index (Phi) is 6.01. The lowest BCUT2D eigenvalue weighted by molar-refractivity contribution is -0.112. The van der Waals surface area contributed by atoms with Gasteiger partial charge in [-0.15, -0.1) is 0 Å². The minimum atomic E-state index is -0.778. The van der Waals surface area contributed by atoms with E-state index in [-0.39, 0.29) is 10.7 Å². The van der Waals surface area contributed by atoms with Crippen LogP contribution in [-0.4, -0.2) is 21.2 Å². The number of nitrogens with one attached hydrogen (secondary N) is 1. The van der Waals surface area contributed by atoms with Crippen LogP contribution < -0.4 is 5.32 Å². The van der Waals surface area contributed by atoms with Crippen LogP contribution in [0, 0.1) is 6.92 Å². The fraction of sp³-hybridized carbons (Fsp3) is 0.0870. The molecular formula is C23H16Cl3N3O2. The van der Waals surface area contributed by atoms with Crippen molar-refractivity contribution in [2.75, 3.05) is 5.32 Å². The number of Topliss-reactive ketones (excluding diaryl/α,β-unsaturated/α-hetero) is 1. The van der Waals surface area contributed by atoms with Crippen molar-refractivity contribution in [3.8, 4) is 0 Å². The van der Waals surface area contributed by atoms with Gasteiger partial charge in [0.1, 0.15) is 5.15 Å². The molecule has 2 heterocycles. The number of fused-ring (bicyclic) bond motifs is 1. The molecule has 31 heavy (non-hydrogen) atoms. The van der Waals surface area contributed by atoms with Crippen LogP contribution >= 0.6 is 34.8 Å². The number of anilines is 1. The standard InChI is InChI=1S/C23H16Cl3N3O2/c1-13-10-16(8-9-27-13)28-23(31)21(30)20-17-4-2-3-5-19(17)29(22(20)26)12-14-6-7-15(24)11-18(14)25/h2-11H,12H2,1H3,(H,27,28,31). The zero-order chi connectivity index (χ0) is 22.1. The summed E-state index contributed by atoms with van der Waals surface area (Å²) in [4.78, 5) is 29.9. The second-order valence-corrected chi connectivity index (χ2v) is 8.18. The number of carbonyl (C=O) groups is 2. The first-order chi connectivity index (χ1) is 14.8. The Morgan fingerprint density at radius 3 is 2.55 bits per heavy atom. The summed E-state index contributed by atoms with van der Waals surface area (Å²) in [6, 6.07) is 15.7. The van der Waals surface area contributed by atoms with Crippen LogP contribution in [0.15, 0.2) is 60.8 Å². The minimum Gasteiger partial charge on any atom is -0.326 e. The first kappa shape index (κ1) is 21.4. The molecule has 0 aliphatic heterocycles. The molecule has 0 aliphatic rings. The average molecular weight is 473 g/mol. The molecule has 0 radical (unpaired) electrons. The molecule has 0 saturated heterocycles. The molecule has 1 N–H and O–H groups in total. The fourth-order valence-electron chi connectivity index (χ4n) is 3.39. The number of pyridine rings is 1. The van der Waals surface area contributed by atoms with Crippen LogP contribution in [0.4, 0.5) is 5.69 Å². The molecule has 1 amide bonds. The number of amides is 1. The lowest BCUT2D eigenvalue weighted by Gasteiger charge is -2.10. The third-order valence-electron chi connectivity index (χ3n) is 4.84. The molecule has 2 aromatic carbocycles. The van der Waals surface area contributed by atoms with Crippen molar-refractivity contribution in [3.05, 3.63) is 92.8 Å². The van der Waals surface area contributed by atoms with E-state index < -0.39 is 11.7 Å². The maximum Gasteiger partial charge on any atom is 0.296 e. The molecule has 0 spiro atoms. The van der Waals surface area contributed by atoms with Gasteiger partial charge in [-0.1, -0.05) is 59.1 Å². The van der Waals surface area contributed by atoms with Gasteiger partial charge in [0.15, 0.2) is 0 Å². The largest absolute Gasteiger partial charge is 0.326 e. The first-order valence-corrected chi connectivity index (χ1v) is 10.5. The summed E-state index contributed by atoms with van der Waals surface area (Å²) in [5.41, 5.74) is 2.85. The quantitative estimate of drug-likeness (QED) is 0.279. The smallest absolute Gasteiger partial charge is 0.296 e. The van der Waals surface area contributed by atoms with Crippen molar-refractivity contribution < 1.29 is 9.59 Å². The molecule has 2 aromatic heterocycles. The van der Waals surface area contributed by atoms with E-state index in [2.05, 4.69) is 10.3 Å². The molecule has 0 saturated carbocycles. The zero-order valence-corrected chi connectivity index (χ0v) is 18.6. The van der Waals surface area contributed by atoms with Crippen molar-refractivity contribution in [2.45, 2.75) is 13.5 Å². The van der Waals surface area contributed by atoms with Gasteiger partial charge in [-0.25, -0.2) is 0 Å². The van der Waals surface area contributed by atoms with Gasteiger partial charge in [0.05, 0.1) is 17.6 Å². The summed E-state index contributed by atoms with van der Waals surface area (Å²) >= 11 is 19.0. The van der Waals surface area contributed by atoms with Gasteiger partial charge in [0.2, 0.25) is 0 Å². The van der Waals surface area contributed by atoms with Gasteiger partial charge >= 0.3 is 0 Å². The van der Waals surface area contributed by atoms with Gasteiger partial charge in [0.25, 0.3) is 11.7 Å². The number of rotatable bonds is 5. The Morgan fingerprint density at radius 2 is 1.81 bits per heavy atom. The lowest BCUT2D eigenvalue weighted by atomic mass is 10.1. The number of para-hydroxylation sites is 1. The highest BCUT2D eigenvalue weighted by Gasteiger charge is 2.26. The van der Waals surface area contributed by atoms with Gasteiger partial charge in [-0.3, -0.25) is 14.6 Å². The number of halogens is 3. The van der Waals surface area contributed by atoms with Crippen molar-refractivity contribution in [3.63, 3.8) is 0 Å². The van der Waals surface area contributed by atoms with Crippen LogP contribution in [-0.2, 0) is 11.3 Å². The Balaban J connectivity index is 1.73. The highest BCUT2D eigenvalue weighted by atomic mass is 35.5. The molecule has 156 valence electrons. The number of hydrogen-bond donors (Lipinski definition) is 1. The normalized spacial score (nSPS) is 11.0. The monoisotopic (exact) mass is 471 g/mol. The molecule has 8 heteroatoms. The zero-order valence-electron chi connectivity index (χ0n) is 16.3. The maximum absolute atomic E-state index is 13.1. The molecule has 0 bridgehead atoms. The van der Waals surface area contributed by atoms with Crippen LogP contribution in [0.5, 0.6) is 0 Å². The summed E-state index contributed by atoms with van der Waals surface area (Å²) in [6.07, 6.45) is 1.56. The number of carbonyl (C=O) groups excluding carboxylic acids is 2. The first-order valence-electron chi connectivity index (χ1n) is 9.34. The number of nitrogens with zero attached hydrogens (tertiary/aromatic N) is 2. The Hall–Kier alpha value is -2.86. The van der Waals surface area contributed by atoms with E-state index >= 15 is 0 Å². The molecule has 0 unspecified atom stereocenters. The summed E-state index contributed by atoms with van der Waals surface area (Å²) in [6.45, 7) is 2.11. The average Bonchev–Trinajstić information content (AvgIpc) is 3.01. The van der Waals surface area contributed by atoms with Crippen molar-refractivity contribution in [2.24, 2.45) is 0 Å². The van der Waals surface area contributed by atoms with E-state index in [1.807, 2.05) is 12.1 Å². The van der Waals surface area contributed by atoms with Crippen molar-refractivity contribution >= 4 is 63.1 Å². The summed E-state index contributed by atoms with van der Waals surface area (Å²) < 4.78 is 1.75. The molecule has 4 aromatic rings. The van der Waals surface area contributed by atoms with E-state index in [0.717, 1.165) is 16.8 Å². The summed E-state index contributed by atoms with van der Waals surface area (Å²) in [7, 11) is 0. The summed E-state index contributed by atoms with van der Waals surface area (Å²) in [5.74, 6) is -1.50. The number of ketones is 1. The lowest BCUT2D eigenvalue weighted by Crippen LogP contribution is -2.23. The van der Waals surface area contributed by atoms with Crippen LogP contribution in [0.25, 0.3) is 10.9 Å². The number of benzene rings is 2. The van der Waals surface area contributed by atoms with Crippen molar-refractivity contribution in [1.29, 1.82) is 0 Å². The molecular weight excluding hydrogens is 457 g/mol. The van der Waals surface area contributed by atoms with Gasteiger partial charge in [-0.05, 0) is 42.8 Å². The molecule has 0 atom stereocenters. The number of aromatic nitrogens is 2. The number of hydrogen-bond acceptors (Lipinski definition) is 3. The second kappa shape index (κ2) is 8.71. The van der Waals surface area contributed by atoms with Crippen molar-refractivity contribution in [1.82, 2.24) is 9.55 Å². The number of aryl methyl sites for hydroxylation is 1. The minimum absolute atomic E-state index is 0.144. The molecule has 0 aliphatic carbocycles. The van der Waals surface area contributed by atoms with E-state index in [9.17, 15) is 9.59 Å². The molecule has 0 fully saturated rings. The Bertz CT molecular complexity index is 1330. The van der Waals surface area contributed by atoms with E-state index in [0.29, 0.717) is 27.7 Å². The Morgan fingerprint density at radius 1 is 1.03 bits per heavy atom. The van der Waals surface area contributed by atoms with Gasteiger partial charge < -0.3 is 9.88 Å². The highest BCUT2D eigenvalue weighted by molar-refractivity contribution is 6.51. The molecule has 4 rings (SSSR count). The Labute approximate surface area is 193 Å². The van der Waals surface area contributed by atoms with E-state index in [1.54, 1.807) is 60.2 Å². The SMILES string of the molecule is Cc1cc(NC(=O)C(=O)c2c(Cl)n(Cc3ccc(Cl)cc3Cl)c3ccccc23)ccn1. The van der Waals surface area contributed by atoms with Gasteiger partial charge in [0, 0.05) is 33.0 Å². The van der Waals surface area contributed by atoms with E-state index in [1.165, 1.54) is 0 Å². The predicted molar refractivity (Wildman–Crippen MR) is 124 cm³/mol. The molecule has 5 nitrogen and oxygen atoms in total. The van der Waals surface area contributed by atoms with Crippen LogP contribution in [0.3, 0.4) is 0 Å². The van der Waals surface area contributed by atoms with Crippen LogP contribution in [0.1, 0.15) is 21.6 Å². The third-order valence-corrected chi connectivity index (χ3v) is 5.82. The van der Waals surface area contributed by atoms with Gasteiger partial charge in [-0.2, -0.15) is 0 Å². The highest BCUT2D eigenvalue weighted by Crippen LogP contribution is 2.33. The maximum atomic E-state index is 13.1. The second-order valence-electron chi connectivity index (χ2n) is 6.97. The predicted octanol–water partition coefficient (Wildman–Crippen LogP) is 6.17. The fourth-order valence-corrected chi connectivity index (χ4v) is 4.19. The third kappa shape index (κ3) is 4.30.